The van der Waals surface area contributed by atoms with Crippen LogP contribution in [0.15, 0.2) is 54.6 Å². The minimum absolute atomic E-state index is 0.0571. The Morgan fingerprint density at radius 2 is 1.76 bits per heavy atom. The summed E-state index contributed by atoms with van der Waals surface area (Å²) in [6, 6.07) is 17.2. The molecule has 0 radical (unpaired) electrons. The maximum Gasteiger partial charge on any atom is 0.306 e. The van der Waals surface area contributed by atoms with Crippen molar-refractivity contribution in [1.82, 2.24) is 5.32 Å². The highest BCUT2D eigenvalue weighted by atomic mass is 35.5. The van der Waals surface area contributed by atoms with E-state index < -0.39 is 0 Å². The summed E-state index contributed by atoms with van der Waals surface area (Å²) in [6.45, 7) is 2.20. The van der Waals surface area contributed by atoms with E-state index in [2.05, 4.69) is 5.32 Å². The van der Waals surface area contributed by atoms with E-state index in [1.165, 1.54) is 0 Å². The van der Waals surface area contributed by atoms with Crippen LogP contribution in [0.2, 0.25) is 5.02 Å². The summed E-state index contributed by atoms with van der Waals surface area (Å²) in [5.74, 6) is -0.611. The van der Waals surface area contributed by atoms with Crippen LogP contribution in [0.25, 0.3) is 0 Å². The van der Waals surface area contributed by atoms with Gasteiger partial charge in [0.05, 0.1) is 6.42 Å². The van der Waals surface area contributed by atoms with E-state index in [0.717, 1.165) is 11.1 Å². The van der Waals surface area contributed by atoms with Gasteiger partial charge in [-0.3, -0.25) is 9.59 Å². The molecular formula is C20H22ClNO3. The van der Waals surface area contributed by atoms with Gasteiger partial charge >= 0.3 is 5.97 Å². The Morgan fingerprint density at radius 3 is 2.44 bits per heavy atom. The van der Waals surface area contributed by atoms with Crippen LogP contribution in [0, 0.1) is 0 Å². The van der Waals surface area contributed by atoms with Crippen LogP contribution >= 0.6 is 11.6 Å². The molecule has 1 amide bonds. The van der Waals surface area contributed by atoms with Crippen molar-refractivity contribution in [2.24, 2.45) is 0 Å². The lowest BCUT2D eigenvalue weighted by Gasteiger charge is -2.11. The molecule has 0 bridgehead atoms. The smallest absolute Gasteiger partial charge is 0.306 e. The number of hydrogen-bond acceptors (Lipinski definition) is 3. The molecule has 25 heavy (non-hydrogen) atoms. The molecule has 1 atom stereocenters. The zero-order chi connectivity index (χ0) is 18.1. The molecule has 0 heterocycles. The van der Waals surface area contributed by atoms with Crippen LogP contribution in [-0.2, 0) is 20.7 Å². The normalized spacial score (nSPS) is 11.6. The van der Waals surface area contributed by atoms with Gasteiger partial charge in [-0.2, -0.15) is 0 Å². The highest BCUT2D eigenvalue weighted by Crippen LogP contribution is 2.18. The topological polar surface area (TPSA) is 55.4 Å². The van der Waals surface area contributed by atoms with Crippen LogP contribution in [0.4, 0.5) is 0 Å². The first-order chi connectivity index (χ1) is 12.0. The fourth-order valence-corrected chi connectivity index (χ4v) is 2.53. The van der Waals surface area contributed by atoms with E-state index in [4.69, 9.17) is 16.3 Å². The second-order valence-electron chi connectivity index (χ2n) is 5.90. The first kappa shape index (κ1) is 19.0. The van der Waals surface area contributed by atoms with Gasteiger partial charge in [0, 0.05) is 11.6 Å². The summed E-state index contributed by atoms with van der Waals surface area (Å²) in [6.07, 6.45) is 0.948. The Morgan fingerprint density at radius 1 is 1.08 bits per heavy atom. The first-order valence-electron chi connectivity index (χ1n) is 8.26. The number of halogens is 1. The quantitative estimate of drug-likeness (QED) is 0.730. The van der Waals surface area contributed by atoms with Gasteiger partial charge in [-0.25, -0.2) is 0 Å². The molecule has 4 nitrogen and oxygen atoms in total. The van der Waals surface area contributed by atoms with Gasteiger partial charge in [0.2, 0.25) is 0 Å². The van der Waals surface area contributed by atoms with Crippen molar-refractivity contribution >= 4 is 23.5 Å². The number of rotatable bonds is 8. The molecule has 0 saturated heterocycles. The fraction of sp³-hybridized carbons (Fsp3) is 0.300. The average Bonchev–Trinajstić information content (AvgIpc) is 2.62. The van der Waals surface area contributed by atoms with Gasteiger partial charge in [-0.15, -0.1) is 0 Å². The molecule has 2 rings (SSSR count). The lowest BCUT2D eigenvalue weighted by molar-refractivity contribution is -0.148. The molecule has 0 aliphatic rings. The molecule has 132 valence electrons. The van der Waals surface area contributed by atoms with Crippen LogP contribution in [0.3, 0.4) is 0 Å². The van der Waals surface area contributed by atoms with Crippen molar-refractivity contribution in [3.05, 3.63) is 70.7 Å². The summed E-state index contributed by atoms with van der Waals surface area (Å²) < 4.78 is 5.05. The highest BCUT2D eigenvalue weighted by Gasteiger charge is 2.13. The predicted octanol–water partition coefficient (Wildman–Crippen LogP) is 3.74. The lowest BCUT2D eigenvalue weighted by Crippen LogP contribution is -2.30. The SMILES string of the molecule is C[C@@H](CC(=O)OCC(=O)NCCc1ccc(Cl)cc1)c1ccccc1. The van der Waals surface area contributed by atoms with E-state index in [0.29, 0.717) is 18.0 Å². The van der Waals surface area contributed by atoms with Crippen molar-refractivity contribution in [2.45, 2.75) is 25.7 Å². The maximum absolute atomic E-state index is 11.8. The third-order valence-corrected chi connectivity index (χ3v) is 4.11. The van der Waals surface area contributed by atoms with Crippen molar-refractivity contribution in [1.29, 1.82) is 0 Å². The summed E-state index contributed by atoms with van der Waals surface area (Å²) in [4.78, 5) is 23.6. The number of carbonyl (C=O) groups is 2. The van der Waals surface area contributed by atoms with Crippen LogP contribution in [0.5, 0.6) is 0 Å². The summed E-state index contributed by atoms with van der Waals surface area (Å²) in [5, 5.41) is 3.42. The number of carbonyl (C=O) groups excluding carboxylic acids is 2. The molecule has 0 spiro atoms. The van der Waals surface area contributed by atoms with Crippen LogP contribution < -0.4 is 5.32 Å². The Bertz CT molecular complexity index is 686. The molecule has 0 aromatic heterocycles. The Balaban J connectivity index is 1.64. The maximum atomic E-state index is 11.8. The zero-order valence-corrected chi connectivity index (χ0v) is 15.0. The molecule has 0 aliphatic carbocycles. The highest BCUT2D eigenvalue weighted by molar-refractivity contribution is 6.30. The lowest BCUT2D eigenvalue weighted by atomic mass is 9.98. The monoisotopic (exact) mass is 359 g/mol. The Kier molecular flexibility index (Phi) is 7.48. The van der Waals surface area contributed by atoms with Crippen molar-refractivity contribution < 1.29 is 14.3 Å². The van der Waals surface area contributed by atoms with Crippen LogP contribution in [0.1, 0.15) is 30.4 Å². The Labute approximate surface area is 153 Å². The number of benzene rings is 2. The van der Waals surface area contributed by atoms with E-state index in [9.17, 15) is 9.59 Å². The number of ether oxygens (including phenoxy) is 1. The molecule has 2 aromatic carbocycles. The molecule has 0 unspecified atom stereocenters. The zero-order valence-electron chi connectivity index (χ0n) is 14.2. The van der Waals surface area contributed by atoms with Crippen molar-refractivity contribution in [2.75, 3.05) is 13.2 Å². The van der Waals surface area contributed by atoms with Gasteiger partial charge in [-0.1, -0.05) is 61.0 Å². The molecule has 0 aliphatic heterocycles. The number of esters is 1. The van der Waals surface area contributed by atoms with E-state index in [1.807, 2.05) is 61.5 Å². The van der Waals surface area contributed by atoms with Crippen molar-refractivity contribution in [3.63, 3.8) is 0 Å². The van der Waals surface area contributed by atoms with E-state index >= 15 is 0 Å². The first-order valence-corrected chi connectivity index (χ1v) is 8.64. The van der Waals surface area contributed by atoms with Gasteiger partial charge < -0.3 is 10.1 Å². The largest absolute Gasteiger partial charge is 0.456 e. The average molecular weight is 360 g/mol. The molecule has 0 saturated carbocycles. The van der Waals surface area contributed by atoms with E-state index in [1.54, 1.807) is 0 Å². The molecule has 2 aromatic rings. The fourth-order valence-electron chi connectivity index (χ4n) is 2.40. The van der Waals surface area contributed by atoms with Gasteiger partial charge in [0.1, 0.15) is 0 Å². The predicted molar refractivity (Wildman–Crippen MR) is 98.6 cm³/mol. The minimum Gasteiger partial charge on any atom is -0.456 e. The minimum atomic E-state index is -0.371. The number of hydrogen-bond donors (Lipinski definition) is 1. The standard InChI is InChI=1S/C20H22ClNO3/c1-15(17-5-3-2-4-6-17)13-20(24)25-14-19(23)22-12-11-16-7-9-18(21)10-8-16/h2-10,15H,11-14H2,1H3,(H,22,23)/t15-/m0/s1. The summed E-state index contributed by atoms with van der Waals surface area (Å²) >= 11 is 5.82. The van der Waals surface area contributed by atoms with Gasteiger partial charge in [0.15, 0.2) is 6.61 Å². The van der Waals surface area contributed by atoms with Gasteiger partial charge in [-0.05, 0) is 35.6 Å². The molecular weight excluding hydrogens is 338 g/mol. The number of amides is 1. The second kappa shape index (κ2) is 9.84. The second-order valence-corrected chi connectivity index (χ2v) is 6.34. The van der Waals surface area contributed by atoms with Gasteiger partial charge in [0.25, 0.3) is 5.91 Å². The van der Waals surface area contributed by atoms with Crippen molar-refractivity contribution in [3.8, 4) is 0 Å². The summed E-state index contributed by atoms with van der Waals surface area (Å²) in [7, 11) is 0. The third kappa shape index (κ3) is 6.98. The third-order valence-electron chi connectivity index (χ3n) is 3.85. The number of nitrogens with one attached hydrogen (secondary N) is 1. The Hall–Kier alpha value is -2.33. The summed E-state index contributed by atoms with van der Waals surface area (Å²) in [5.41, 5.74) is 2.16. The van der Waals surface area contributed by atoms with E-state index in [-0.39, 0.29) is 30.8 Å². The molecule has 5 heteroatoms. The molecule has 1 N–H and O–H groups in total. The van der Waals surface area contributed by atoms with Crippen LogP contribution in [-0.4, -0.2) is 25.0 Å². The molecule has 0 fully saturated rings.